The van der Waals surface area contributed by atoms with Crippen LogP contribution in [0.2, 0.25) is 0 Å². The smallest absolute Gasteiger partial charge is 0.219 e. The van der Waals surface area contributed by atoms with Crippen LogP contribution in [0.25, 0.3) is 0 Å². The van der Waals surface area contributed by atoms with Gasteiger partial charge in [0.15, 0.2) is 15.8 Å². The highest BCUT2D eigenvalue weighted by Crippen LogP contribution is 2.18. The quantitative estimate of drug-likeness (QED) is 0.255. The Morgan fingerprint density at radius 3 is 2.40 bits per heavy atom. The van der Waals surface area contributed by atoms with Gasteiger partial charge in [-0.2, -0.15) is 11.8 Å². The van der Waals surface area contributed by atoms with Crippen LogP contribution in [0, 0.1) is 5.92 Å². The van der Waals surface area contributed by atoms with Crippen molar-refractivity contribution in [2.45, 2.75) is 13.3 Å². The van der Waals surface area contributed by atoms with Crippen LogP contribution in [0.4, 0.5) is 0 Å². The Balaban J connectivity index is 0.00000312. The monoisotopic (exact) mass is 504 g/mol. The van der Waals surface area contributed by atoms with Gasteiger partial charge in [0.05, 0.1) is 11.5 Å². The molecular formula is C15H29IN4O3S2. The molecule has 2 fully saturated rings. The Morgan fingerprint density at radius 1 is 1.24 bits per heavy atom. The molecule has 0 aromatic rings. The summed E-state index contributed by atoms with van der Waals surface area (Å²) in [7, 11) is -2.86. The molecule has 0 radical (unpaired) electrons. The molecule has 2 aliphatic heterocycles. The largest absolute Gasteiger partial charge is 0.355 e. The van der Waals surface area contributed by atoms with Crippen molar-refractivity contribution in [2.75, 3.05) is 62.8 Å². The molecule has 0 aliphatic carbocycles. The minimum atomic E-state index is -2.86. The van der Waals surface area contributed by atoms with Gasteiger partial charge in [0, 0.05) is 51.9 Å². The van der Waals surface area contributed by atoms with Gasteiger partial charge in [-0.05, 0) is 18.6 Å². The molecule has 146 valence electrons. The number of guanidine groups is 1. The number of carbonyl (C=O) groups is 1. The Morgan fingerprint density at radius 2 is 1.88 bits per heavy atom. The lowest BCUT2D eigenvalue weighted by Gasteiger charge is -2.36. The maximum Gasteiger partial charge on any atom is 0.219 e. The summed E-state index contributed by atoms with van der Waals surface area (Å²) in [6, 6.07) is 0. The average Bonchev–Trinajstić information content (AvgIpc) is 2.90. The van der Waals surface area contributed by atoms with Gasteiger partial charge >= 0.3 is 0 Å². The summed E-state index contributed by atoms with van der Waals surface area (Å²) >= 11 is 1.77. The summed E-state index contributed by atoms with van der Waals surface area (Å²) in [5.41, 5.74) is 0. The van der Waals surface area contributed by atoms with E-state index in [1.807, 2.05) is 4.90 Å². The molecule has 2 aliphatic rings. The zero-order valence-corrected chi connectivity index (χ0v) is 18.9. The molecule has 2 saturated heterocycles. The van der Waals surface area contributed by atoms with Crippen LogP contribution in [-0.4, -0.2) is 92.9 Å². The molecule has 1 N–H and O–H groups in total. The second kappa shape index (κ2) is 10.8. The van der Waals surface area contributed by atoms with E-state index < -0.39 is 9.84 Å². The number of piperazine rings is 1. The number of nitrogens with zero attached hydrogens (tertiary/aromatic N) is 3. The van der Waals surface area contributed by atoms with E-state index in [1.165, 1.54) is 0 Å². The van der Waals surface area contributed by atoms with E-state index in [9.17, 15) is 13.2 Å². The van der Waals surface area contributed by atoms with Crippen molar-refractivity contribution in [3.05, 3.63) is 0 Å². The number of amides is 1. The van der Waals surface area contributed by atoms with Crippen LogP contribution in [0.5, 0.6) is 0 Å². The van der Waals surface area contributed by atoms with E-state index in [2.05, 4.69) is 16.5 Å². The molecule has 0 spiro atoms. The molecule has 0 bridgehead atoms. The number of halogens is 1. The second-order valence-electron chi connectivity index (χ2n) is 6.35. The lowest BCUT2D eigenvalue weighted by atomic mass is 10.1. The number of hydrogen-bond donors (Lipinski definition) is 1. The molecule has 7 nitrogen and oxygen atoms in total. The van der Waals surface area contributed by atoms with Crippen molar-refractivity contribution in [1.82, 2.24) is 15.1 Å². The van der Waals surface area contributed by atoms with Crippen molar-refractivity contribution < 1.29 is 13.2 Å². The van der Waals surface area contributed by atoms with Crippen LogP contribution in [0.3, 0.4) is 0 Å². The van der Waals surface area contributed by atoms with Crippen molar-refractivity contribution in [1.29, 1.82) is 0 Å². The third-order valence-electron chi connectivity index (χ3n) is 4.44. The van der Waals surface area contributed by atoms with E-state index in [4.69, 9.17) is 4.99 Å². The fourth-order valence-electron chi connectivity index (χ4n) is 3.00. The number of sulfone groups is 1. The van der Waals surface area contributed by atoms with Crippen LogP contribution >= 0.6 is 35.7 Å². The summed E-state index contributed by atoms with van der Waals surface area (Å²) in [6.07, 6.45) is 2.77. The topological polar surface area (TPSA) is 82.1 Å². The minimum absolute atomic E-state index is 0. The molecule has 2 heterocycles. The van der Waals surface area contributed by atoms with Crippen molar-refractivity contribution in [3.63, 3.8) is 0 Å². The summed E-state index contributed by atoms with van der Waals surface area (Å²) in [5, 5.41) is 3.38. The summed E-state index contributed by atoms with van der Waals surface area (Å²) in [6.45, 7) is 5.90. The van der Waals surface area contributed by atoms with Crippen LogP contribution in [0.1, 0.15) is 13.3 Å². The molecule has 2 rings (SSSR count). The van der Waals surface area contributed by atoms with Gasteiger partial charge in [-0.1, -0.05) is 0 Å². The van der Waals surface area contributed by atoms with Gasteiger partial charge in [0.1, 0.15) is 0 Å². The molecule has 25 heavy (non-hydrogen) atoms. The molecule has 0 aromatic heterocycles. The van der Waals surface area contributed by atoms with Gasteiger partial charge in [-0.25, -0.2) is 8.42 Å². The van der Waals surface area contributed by atoms with Gasteiger partial charge in [-0.15, -0.1) is 24.0 Å². The Bertz CT molecular complexity index is 563. The highest BCUT2D eigenvalue weighted by molar-refractivity contribution is 14.0. The first-order valence-electron chi connectivity index (χ1n) is 8.39. The molecule has 0 saturated carbocycles. The fraction of sp³-hybridized carbons (Fsp3) is 0.867. The van der Waals surface area contributed by atoms with Crippen LogP contribution < -0.4 is 5.32 Å². The van der Waals surface area contributed by atoms with Gasteiger partial charge in [-0.3, -0.25) is 9.79 Å². The first-order chi connectivity index (χ1) is 11.4. The first-order valence-corrected chi connectivity index (χ1v) is 11.6. The minimum Gasteiger partial charge on any atom is -0.355 e. The van der Waals surface area contributed by atoms with E-state index >= 15 is 0 Å². The maximum atomic E-state index is 11.6. The summed E-state index contributed by atoms with van der Waals surface area (Å²) in [4.78, 5) is 20.2. The summed E-state index contributed by atoms with van der Waals surface area (Å²) < 4.78 is 23.2. The number of rotatable bonds is 5. The zero-order valence-electron chi connectivity index (χ0n) is 14.9. The summed E-state index contributed by atoms with van der Waals surface area (Å²) in [5.74, 6) is 2.62. The molecule has 10 heteroatoms. The average molecular weight is 504 g/mol. The predicted molar refractivity (Wildman–Crippen MR) is 115 cm³/mol. The lowest BCUT2D eigenvalue weighted by molar-refractivity contribution is -0.130. The van der Waals surface area contributed by atoms with Crippen molar-refractivity contribution in [2.24, 2.45) is 10.9 Å². The third kappa shape index (κ3) is 7.49. The fourth-order valence-corrected chi connectivity index (χ4v) is 5.15. The number of thioether (sulfide) groups is 1. The standard InChI is InChI=1S/C15H28N4O3S2.HI/c1-13(20)18-5-7-19(8-6-18)15(16-4-9-23-2)17-11-14-3-10-24(21,22)12-14;/h14H,3-12H2,1-2H3,(H,16,17);1H. The second-order valence-corrected chi connectivity index (χ2v) is 9.56. The molecule has 1 atom stereocenters. The van der Waals surface area contributed by atoms with Gasteiger partial charge < -0.3 is 15.1 Å². The van der Waals surface area contributed by atoms with E-state index in [0.29, 0.717) is 31.8 Å². The Kier molecular flexibility index (Phi) is 9.86. The first kappa shape index (κ1) is 22.8. The molecule has 0 aromatic carbocycles. The van der Waals surface area contributed by atoms with Crippen LogP contribution in [0.15, 0.2) is 4.99 Å². The Labute approximate surface area is 172 Å². The zero-order chi connectivity index (χ0) is 17.6. The van der Waals surface area contributed by atoms with Crippen LogP contribution in [-0.2, 0) is 14.6 Å². The molecule has 1 amide bonds. The van der Waals surface area contributed by atoms with Gasteiger partial charge in [0.25, 0.3) is 0 Å². The predicted octanol–water partition coefficient (Wildman–Crippen LogP) is 0.512. The number of nitrogens with one attached hydrogen (secondary N) is 1. The normalized spacial score (nSPS) is 23.3. The van der Waals surface area contributed by atoms with Crippen molar-refractivity contribution in [3.8, 4) is 0 Å². The maximum absolute atomic E-state index is 11.6. The number of aliphatic imine (C=N–C) groups is 1. The lowest BCUT2D eigenvalue weighted by Crippen LogP contribution is -2.53. The van der Waals surface area contributed by atoms with Crippen molar-refractivity contribution >= 4 is 57.4 Å². The highest BCUT2D eigenvalue weighted by atomic mass is 127. The SMILES string of the molecule is CSCCNC(=NCC1CCS(=O)(=O)C1)N1CCN(C(C)=O)CC1.I. The third-order valence-corrected chi connectivity index (χ3v) is 6.89. The highest BCUT2D eigenvalue weighted by Gasteiger charge is 2.28. The molecular weight excluding hydrogens is 475 g/mol. The van der Waals surface area contributed by atoms with E-state index in [0.717, 1.165) is 31.3 Å². The van der Waals surface area contributed by atoms with E-state index in [1.54, 1.807) is 18.7 Å². The number of carbonyl (C=O) groups excluding carboxylic acids is 1. The van der Waals surface area contributed by atoms with Gasteiger partial charge in [0.2, 0.25) is 5.91 Å². The number of hydrogen-bond acceptors (Lipinski definition) is 5. The molecule has 1 unspecified atom stereocenters. The van der Waals surface area contributed by atoms with E-state index in [-0.39, 0.29) is 41.6 Å². The Hall–Kier alpha value is -0.230.